The zero-order valence-corrected chi connectivity index (χ0v) is 32.0. The summed E-state index contributed by atoms with van der Waals surface area (Å²) in [4.78, 5) is 23.7. The van der Waals surface area contributed by atoms with Gasteiger partial charge in [-0.3, -0.25) is 9.98 Å². The molecule has 7 nitrogen and oxygen atoms in total. The van der Waals surface area contributed by atoms with Gasteiger partial charge < -0.3 is 19.7 Å². The number of aromatic nitrogens is 1. The molecule has 1 aromatic carbocycles. The molecule has 50 heavy (non-hydrogen) atoms. The number of pyridine rings is 1. The van der Waals surface area contributed by atoms with Crippen LogP contribution in [0.4, 0.5) is 13.6 Å². The third-order valence-corrected chi connectivity index (χ3v) is 15.3. The fourth-order valence-electron chi connectivity index (χ4n) is 8.07. The third kappa shape index (κ3) is 6.56. The van der Waals surface area contributed by atoms with E-state index in [-0.39, 0.29) is 57.3 Å². The number of nitrogens with zero attached hydrogens (tertiary/aromatic N) is 3. The first-order valence-electron chi connectivity index (χ1n) is 17.4. The molecule has 0 radical (unpaired) electrons. The Morgan fingerprint density at radius 2 is 1.62 bits per heavy atom. The molecule has 0 spiro atoms. The number of hydrogen-bond acceptors (Lipinski definition) is 7. The van der Waals surface area contributed by atoms with Gasteiger partial charge >= 0.3 is 6.09 Å². The van der Waals surface area contributed by atoms with Crippen LogP contribution >= 0.6 is 11.8 Å². The van der Waals surface area contributed by atoms with Gasteiger partial charge in [-0.2, -0.15) is 0 Å². The van der Waals surface area contributed by atoms with E-state index in [2.05, 4.69) is 89.4 Å². The van der Waals surface area contributed by atoms with E-state index in [0.29, 0.717) is 0 Å². The number of hydrogen-bond donors (Lipinski definition) is 1. The number of amides is 1. The molecule has 3 heterocycles. The number of aliphatic imine (C=N–C) groups is 1. The Hall–Kier alpha value is -3.42. The van der Waals surface area contributed by atoms with Gasteiger partial charge in [-0.1, -0.05) is 73.3 Å². The second-order valence-electron chi connectivity index (χ2n) is 16.2. The molecule has 1 unspecified atom stereocenters. The van der Waals surface area contributed by atoms with Crippen molar-refractivity contribution in [3.05, 3.63) is 71.2 Å². The van der Waals surface area contributed by atoms with Crippen molar-refractivity contribution in [2.24, 2.45) is 26.7 Å². The fraction of sp³-hybridized carbons (Fsp3) is 0.575. The number of carbonyl (C=O) groups is 1. The van der Waals surface area contributed by atoms with Crippen LogP contribution in [0.5, 0.6) is 5.75 Å². The molecule has 3 aliphatic rings. The molecule has 1 saturated heterocycles. The molecule has 1 amide bonds. The maximum absolute atomic E-state index is 15.1. The summed E-state index contributed by atoms with van der Waals surface area (Å²) in [6.07, 6.45) is 6.49. The molecule has 0 bridgehead atoms. The van der Waals surface area contributed by atoms with Gasteiger partial charge in [-0.15, -0.1) is 11.8 Å². The molecule has 5 rings (SSSR count). The van der Waals surface area contributed by atoms with Crippen LogP contribution in [-0.2, 0) is 4.74 Å². The predicted molar refractivity (Wildman–Crippen MR) is 197 cm³/mol. The molecular weight excluding hydrogens is 655 g/mol. The first-order chi connectivity index (χ1) is 23.3. The van der Waals surface area contributed by atoms with E-state index >= 15 is 8.78 Å². The summed E-state index contributed by atoms with van der Waals surface area (Å²) < 4.78 is 41.1. The summed E-state index contributed by atoms with van der Waals surface area (Å²) in [6, 6.07) is 6.23. The van der Waals surface area contributed by atoms with Crippen LogP contribution in [0, 0.1) is 45.1 Å². The quantitative estimate of drug-likeness (QED) is 0.291. The van der Waals surface area contributed by atoms with Crippen LogP contribution in [0.25, 0.3) is 0 Å². The number of piperidine rings is 1. The zero-order chi connectivity index (χ0) is 36.7. The van der Waals surface area contributed by atoms with Crippen LogP contribution in [0.15, 0.2) is 53.4 Å². The molecular formula is C40H52F2N4O3S. The summed E-state index contributed by atoms with van der Waals surface area (Å²) in [7, 11) is 2.04. The summed E-state index contributed by atoms with van der Waals surface area (Å²) >= 11 is 1.83. The van der Waals surface area contributed by atoms with Gasteiger partial charge in [-0.25, -0.2) is 13.6 Å². The maximum atomic E-state index is 15.1. The van der Waals surface area contributed by atoms with Gasteiger partial charge in [0.25, 0.3) is 0 Å². The molecule has 2 fully saturated rings. The van der Waals surface area contributed by atoms with Crippen LogP contribution in [0.2, 0.25) is 0 Å². The van der Waals surface area contributed by atoms with E-state index in [1.54, 1.807) is 6.20 Å². The second kappa shape index (κ2) is 14.0. The largest absolute Gasteiger partial charge is 0.489 e. The van der Waals surface area contributed by atoms with Gasteiger partial charge in [-0.05, 0) is 78.8 Å². The van der Waals surface area contributed by atoms with E-state index in [9.17, 15) is 4.79 Å². The van der Waals surface area contributed by atoms with Gasteiger partial charge in [0.1, 0.15) is 24.0 Å². The van der Waals surface area contributed by atoms with Crippen LogP contribution in [0.3, 0.4) is 0 Å². The Morgan fingerprint density at radius 3 is 2.20 bits per heavy atom. The number of nitrogens with one attached hydrogen (secondary N) is 1. The van der Waals surface area contributed by atoms with E-state index in [1.165, 1.54) is 0 Å². The average Bonchev–Trinajstić information content (AvgIpc) is 3.47. The molecule has 1 atom stereocenters. The SMILES string of the molecule is CN1CCC(NC(=O)OCC#Cc2c(F)cc(OCC3=CN=C(SC4(C)C(C)(C)C(C)(C)C(C)(C)C4(C)C)C3c3cccnc3)cc2F)CC1. The van der Waals surface area contributed by atoms with E-state index < -0.39 is 23.3 Å². The van der Waals surface area contributed by atoms with Crippen molar-refractivity contribution >= 4 is 22.9 Å². The highest BCUT2D eigenvalue weighted by atomic mass is 32.2. The summed E-state index contributed by atoms with van der Waals surface area (Å²) in [6.45, 7) is 23.0. The Bertz CT molecular complexity index is 1670. The highest BCUT2D eigenvalue weighted by Crippen LogP contribution is 2.78. The normalized spacial score (nSPS) is 23.3. The number of likely N-dealkylation sites (tertiary alicyclic amines) is 1. The van der Waals surface area contributed by atoms with Crippen molar-refractivity contribution in [3.8, 4) is 17.6 Å². The molecule has 1 aromatic heterocycles. The van der Waals surface area contributed by atoms with Crippen molar-refractivity contribution < 1.29 is 23.0 Å². The van der Waals surface area contributed by atoms with Crippen molar-refractivity contribution in [3.63, 3.8) is 0 Å². The maximum Gasteiger partial charge on any atom is 0.408 e. The third-order valence-electron chi connectivity index (χ3n) is 13.3. The number of rotatable bonds is 7. The van der Waals surface area contributed by atoms with Crippen LogP contribution in [0.1, 0.15) is 92.2 Å². The number of carbonyl (C=O) groups excluding carboxylic acids is 1. The molecule has 2 aliphatic heterocycles. The zero-order valence-electron chi connectivity index (χ0n) is 31.2. The number of ether oxygens (including phenoxy) is 2. The highest BCUT2D eigenvalue weighted by Gasteiger charge is 2.74. The Balaban J connectivity index is 1.27. The number of benzene rings is 1. The minimum atomic E-state index is -0.858. The molecule has 1 saturated carbocycles. The van der Waals surface area contributed by atoms with E-state index in [4.69, 9.17) is 14.5 Å². The van der Waals surface area contributed by atoms with E-state index in [1.807, 2.05) is 43.3 Å². The molecule has 10 heteroatoms. The Morgan fingerprint density at radius 1 is 1.00 bits per heavy atom. The van der Waals surface area contributed by atoms with Crippen molar-refractivity contribution in [2.75, 3.05) is 33.4 Å². The van der Waals surface area contributed by atoms with Crippen LogP contribution < -0.4 is 10.1 Å². The van der Waals surface area contributed by atoms with Gasteiger partial charge in [0.05, 0.1) is 16.5 Å². The Labute approximate surface area is 301 Å². The minimum absolute atomic E-state index is 0.0200. The summed E-state index contributed by atoms with van der Waals surface area (Å²) in [5, 5.41) is 3.77. The van der Waals surface area contributed by atoms with Crippen molar-refractivity contribution in [2.45, 2.75) is 91.9 Å². The second-order valence-corrected chi connectivity index (χ2v) is 17.6. The lowest BCUT2D eigenvalue weighted by molar-refractivity contribution is 0.0135. The monoisotopic (exact) mass is 706 g/mol. The lowest BCUT2D eigenvalue weighted by Crippen LogP contribution is -2.48. The first-order valence-corrected chi connectivity index (χ1v) is 18.2. The highest BCUT2D eigenvalue weighted by molar-refractivity contribution is 8.15. The standard InChI is InChI=1S/C40H52F2N4O3S/c1-36(2)37(3,4)39(7,8)40(9,38(36,5)6)50-34-33(26-13-11-17-43-23-26)27(24-44-34)25-49-29-21-31(41)30(32(42)22-29)14-12-20-48-35(47)45-28-15-18-46(10)19-16-28/h11,13,17,21-24,28,33H,15-16,18-20,25H2,1-10H3,(H,45,47). The fourth-order valence-corrected chi connectivity index (χ4v) is 10.0. The van der Waals surface area contributed by atoms with Gasteiger partial charge in [0, 0.05) is 41.5 Å². The van der Waals surface area contributed by atoms with Gasteiger partial charge in [0.2, 0.25) is 0 Å². The summed E-state index contributed by atoms with van der Waals surface area (Å²) in [5.74, 6) is 3.12. The number of thioether (sulfide) groups is 1. The smallest absolute Gasteiger partial charge is 0.408 e. The summed E-state index contributed by atoms with van der Waals surface area (Å²) in [5.41, 5.74) is 1.35. The molecule has 270 valence electrons. The van der Waals surface area contributed by atoms with Crippen molar-refractivity contribution in [1.29, 1.82) is 0 Å². The minimum Gasteiger partial charge on any atom is -0.489 e. The lowest BCUT2D eigenvalue weighted by atomic mass is 9.57. The predicted octanol–water partition coefficient (Wildman–Crippen LogP) is 8.60. The lowest BCUT2D eigenvalue weighted by Gasteiger charge is -2.49. The molecule has 1 aliphatic carbocycles. The first kappa shape index (κ1) is 37.8. The van der Waals surface area contributed by atoms with Crippen LogP contribution in [-0.4, -0.2) is 65.2 Å². The average molecular weight is 707 g/mol. The van der Waals surface area contributed by atoms with Crippen molar-refractivity contribution in [1.82, 2.24) is 15.2 Å². The van der Waals surface area contributed by atoms with E-state index in [0.717, 1.165) is 54.2 Å². The molecule has 1 N–H and O–H groups in total. The molecule has 2 aromatic rings. The van der Waals surface area contributed by atoms with Gasteiger partial charge in [0.15, 0.2) is 6.61 Å². The number of alkyl carbamates (subject to hydrolysis) is 1. The topological polar surface area (TPSA) is 76.1 Å². The number of halogens is 2. The Kier molecular flexibility index (Phi) is 10.6.